The zero-order valence-electron chi connectivity index (χ0n) is 71.6. The molecule has 7 unspecified atom stereocenters. The van der Waals surface area contributed by atoms with E-state index in [0.29, 0.717) is 52.2 Å². The zero-order valence-corrected chi connectivity index (χ0v) is 73.9. The summed E-state index contributed by atoms with van der Waals surface area (Å²) in [5, 5.41) is 18.4. The van der Waals surface area contributed by atoms with Crippen LogP contribution in [0.5, 0.6) is 5.75 Å². The molecule has 0 saturated carbocycles. The minimum Gasteiger partial charge on any atom is -0.496 e. The quantitative estimate of drug-likeness (QED) is 0.0538. The van der Waals surface area contributed by atoms with Crippen molar-refractivity contribution in [3.63, 3.8) is 0 Å². The second-order valence-electron chi connectivity index (χ2n) is 23.2. The third-order valence-electron chi connectivity index (χ3n) is 16.7. The van der Waals surface area contributed by atoms with Gasteiger partial charge in [0, 0.05) is 26.2 Å². The molecule has 588 valence electrons. The van der Waals surface area contributed by atoms with E-state index in [0.717, 1.165) is 46.7 Å². The van der Waals surface area contributed by atoms with Gasteiger partial charge in [0.05, 0.1) is 19.8 Å². The summed E-state index contributed by atoms with van der Waals surface area (Å²) in [5.74, 6) is 3.94. The monoisotopic (exact) mass is 1520 g/mol. The van der Waals surface area contributed by atoms with Gasteiger partial charge >= 0.3 is 5.97 Å². The van der Waals surface area contributed by atoms with Crippen LogP contribution in [0.1, 0.15) is 373 Å². The molecule has 104 heavy (non-hydrogen) atoms. The van der Waals surface area contributed by atoms with E-state index in [1.807, 2.05) is 159 Å². The Morgan fingerprint density at radius 2 is 0.673 bits per heavy atom. The number of ketones is 3. The number of ether oxygens (including phenoxy) is 2. The van der Waals surface area contributed by atoms with Gasteiger partial charge in [-0.1, -0.05) is 325 Å². The summed E-state index contributed by atoms with van der Waals surface area (Å²) in [6.45, 7) is 61.2. The molecule has 7 aromatic carbocycles. The van der Waals surface area contributed by atoms with E-state index in [4.69, 9.17) is 26.6 Å². The lowest BCUT2D eigenvalue weighted by atomic mass is 9.93. The Hall–Kier alpha value is -6.49. The number of hydrogen-bond acceptors (Lipinski definition) is 8. The van der Waals surface area contributed by atoms with Crippen LogP contribution in [0.25, 0.3) is 0 Å². The fraction of sp³-hybridized carbons (Fsp3) is 0.511. The highest BCUT2D eigenvalue weighted by Gasteiger charge is 2.16. The number of rotatable bonds is 21. The number of esters is 1. The van der Waals surface area contributed by atoms with Crippen LogP contribution in [0.3, 0.4) is 0 Å². The van der Waals surface area contributed by atoms with E-state index in [1.54, 1.807) is 32.2 Å². The Morgan fingerprint density at radius 1 is 0.365 bits per heavy atom. The molecule has 0 aromatic heterocycles. The lowest BCUT2D eigenvalue weighted by molar-refractivity contribution is 0.0600. The van der Waals surface area contributed by atoms with Gasteiger partial charge < -0.3 is 19.7 Å². The molecule has 0 fully saturated rings. The smallest absolute Gasteiger partial charge is 0.337 e. The van der Waals surface area contributed by atoms with Gasteiger partial charge in [-0.2, -0.15) is 0 Å². The molecule has 8 nitrogen and oxygen atoms in total. The first kappa shape index (κ1) is 111. The second-order valence-corrected chi connectivity index (χ2v) is 24.6. The molecule has 0 bridgehead atoms. The van der Waals surface area contributed by atoms with E-state index in [-0.39, 0.29) is 17.5 Å². The van der Waals surface area contributed by atoms with E-state index in [1.165, 1.54) is 76.7 Å². The molecule has 0 radical (unpaired) electrons. The molecular weight excluding hydrogens is 1370 g/mol. The molecular formula is C94H150BrClO8. The van der Waals surface area contributed by atoms with Gasteiger partial charge in [0.2, 0.25) is 0 Å². The van der Waals surface area contributed by atoms with Gasteiger partial charge in [0.1, 0.15) is 19.0 Å². The van der Waals surface area contributed by atoms with Gasteiger partial charge in [0.25, 0.3) is 0 Å². The average molecular weight is 1520 g/mol. The standard InChI is InChI=1S/C14H18O4.C12H16O2.C12H18O.C12H16O.C10H13Br.C10H13Cl.C10H14.7C2H6/c1-4-9(2)10-5-11(13(16)8-15)7-12(6-10)14(17)18-3;1-3-9(2)10-5-4-6-11(7-10)12(14)8-13;1-5-9(2)11-6-7-12(13-4)10(3)8-11;1-4-9(2)11-6-5-7-12(8-11)10(3)13;1-3-8(2)9-5-4-6-10(11)7-9;1-3-8(2)9-4-6-10(11)7-5-9;1-3-9(2)10-7-5-4-6-8-10;7*1-2/h5-7,9,15H,4,8H2,1-3H3;4-7,9,13H,3,8H2,1-2H3;6-9H,5H2,1-4H3;5-9H,4H2,1-3H3;2*4-8H,3H2,1-2H3;4-9H,3H2,1-2H3;7*1-2H3. The van der Waals surface area contributed by atoms with Crippen LogP contribution in [0, 0.1) is 6.92 Å². The Morgan fingerprint density at radius 3 is 1.04 bits per heavy atom. The van der Waals surface area contributed by atoms with Gasteiger partial charge in [0.15, 0.2) is 17.3 Å². The molecule has 0 saturated heterocycles. The van der Waals surface area contributed by atoms with Crippen LogP contribution in [-0.4, -0.2) is 61.0 Å². The number of benzene rings is 7. The van der Waals surface area contributed by atoms with Crippen molar-refractivity contribution in [3.05, 3.63) is 240 Å². The van der Waals surface area contributed by atoms with E-state index in [2.05, 4.69) is 202 Å². The summed E-state index contributed by atoms with van der Waals surface area (Å²) in [6, 6.07) is 54.0. The van der Waals surface area contributed by atoms with Gasteiger partial charge in [-0.25, -0.2) is 4.79 Å². The number of carbonyl (C=O) groups is 4. The fourth-order valence-electron chi connectivity index (χ4n) is 8.84. The third-order valence-corrected chi connectivity index (χ3v) is 17.4. The number of hydrogen-bond donors (Lipinski definition) is 2. The van der Waals surface area contributed by atoms with Crippen LogP contribution in [0.2, 0.25) is 5.02 Å². The molecule has 0 aliphatic heterocycles. The first-order chi connectivity index (χ1) is 49.9. The Kier molecular flexibility index (Phi) is 78.3. The molecule has 0 spiro atoms. The molecule has 10 heteroatoms. The Bertz CT molecular complexity index is 3120. The molecule has 2 N–H and O–H groups in total. The summed E-state index contributed by atoms with van der Waals surface area (Å²) in [4.78, 5) is 45.4. The molecule has 0 heterocycles. The zero-order chi connectivity index (χ0) is 81.9. The summed E-state index contributed by atoms with van der Waals surface area (Å²) in [6.07, 6.45) is 7.86. The maximum Gasteiger partial charge on any atom is 0.337 e. The number of methoxy groups -OCH3 is 2. The topological polar surface area (TPSA) is 127 Å². The van der Waals surface area contributed by atoms with E-state index in [9.17, 15) is 19.2 Å². The average Bonchev–Trinajstić information content (AvgIpc) is 0.830. The summed E-state index contributed by atoms with van der Waals surface area (Å²) >= 11 is 9.22. The largest absolute Gasteiger partial charge is 0.496 e. The predicted molar refractivity (Wildman–Crippen MR) is 464 cm³/mol. The van der Waals surface area contributed by atoms with E-state index < -0.39 is 25.0 Å². The van der Waals surface area contributed by atoms with Crippen LogP contribution in [0.4, 0.5) is 0 Å². The highest BCUT2D eigenvalue weighted by Crippen LogP contribution is 2.28. The fourth-order valence-corrected chi connectivity index (χ4v) is 9.39. The van der Waals surface area contributed by atoms with Crippen molar-refractivity contribution in [1.82, 2.24) is 0 Å². The SMILES string of the molecule is CC.CC.CC.CC.CC.CC.CC.CCC(C)c1cc(C(=O)CO)cc(C(=O)OC)c1.CCC(C)c1ccc(Cl)cc1.CCC(C)c1ccc(OC)c(C)c1.CCC(C)c1cccc(Br)c1.CCC(C)c1cccc(C(=O)CO)c1.CCC(C)c1cccc(C(C)=O)c1.CCC(C)c1ccccc1. The molecule has 7 rings (SSSR count). The number of aryl methyl sites for hydroxylation is 1. The van der Waals surface area contributed by atoms with E-state index >= 15 is 0 Å². The number of aliphatic hydroxyl groups is 2. The molecule has 7 atom stereocenters. The van der Waals surface area contributed by atoms with Crippen LogP contribution < -0.4 is 4.74 Å². The second kappa shape index (κ2) is 73.4. The lowest BCUT2D eigenvalue weighted by Crippen LogP contribution is -2.10. The van der Waals surface area contributed by atoms with Gasteiger partial charge in [-0.15, -0.1) is 0 Å². The summed E-state index contributed by atoms with van der Waals surface area (Å²) in [7, 11) is 3.01. The highest BCUT2D eigenvalue weighted by molar-refractivity contribution is 9.10. The normalized spacial score (nSPS) is 11.3. The molecule has 0 aliphatic rings. The number of halogens is 2. The minimum absolute atomic E-state index is 0.144. The first-order valence-corrected chi connectivity index (χ1v) is 40.5. The van der Waals surface area contributed by atoms with Crippen molar-refractivity contribution in [2.75, 3.05) is 27.4 Å². The van der Waals surface area contributed by atoms with Crippen molar-refractivity contribution in [1.29, 1.82) is 0 Å². The van der Waals surface area contributed by atoms with Crippen molar-refractivity contribution < 1.29 is 38.9 Å². The van der Waals surface area contributed by atoms with Crippen LogP contribution in [-0.2, 0) is 4.74 Å². The number of Topliss-reactive ketones (excluding diaryl/α,β-unsaturated/α-hetero) is 3. The summed E-state index contributed by atoms with van der Waals surface area (Å²) in [5.41, 5.74) is 12.3. The highest BCUT2D eigenvalue weighted by atomic mass is 79.9. The molecule has 0 amide bonds. The number of carbonyl (C=O) groups excluding carboxylic acids is 4. The minimum atomic E-state index is -0.565. The number of aliphatic hydroxyl groups excluding tert-OH is 2. The van der Waals surface area contributed by atoms with Crippen molar-refractivity contribution in [2.24, 2.45) is 0 Å². The Labute approximate surface area is 652 Å². The maximum atomic E-state index is 11.5. The van der Waals surface area contributed by atoms with Crippen molar-refractivity contribution >= 4 is 50.8 Å². The molecule has 7 aromatic rings. The van der Waals surface area contributed by atoms with Crippen LogP contribution in [0.15, 0.2) is 168 Å². The molecule has 0 aliphatic carbocycles. The van der Waals surface area contributed by atoms with Gasteiger partial charge in [-0.05, 0) is 205 Å². The van der Waals surface area contributed by atoms with Crippen molar-refractivity contribution in [3.8, 4) is 5.75 Å². The predicted octanol–water partition coefficient (Wildman–Crippen LogP) is 29.7. The maximum absolute atomic E-state index is 11.5. The third kappa shape index (κ3) is 48.6. The lowest BCUT2D eigenvalue weighted by Gasteiger charge is -2.12. The Balaban J connectivity index is -0.000000206. The van der Waals surface area contributed by atoms with Gasteiger partial charge in [-0.3, -0.25) is 14.4 Å². The van der Waals surface area contributed by atoms with Crippen molar-refractivity contribution in [2.45, 2.75) is 294 Å². The summed E-state index contributed by atoms with van der Waals surface area (Å²) < 4.78 is 11.0. The first-order valence-electron chi connectivity index (χ1n) is 39.3. The van der Waals surface area contributed by atoms with Crippen LogP contribution >= 0.6 is 27.5 Å².